The number of hydrogen-bond donors (Lipinski definition) is 0. The molecule has 0 saturated carbocycles. The molecule has 0 unspecified atom stereocenters. The standard InChI is InChI=1S/C15H10O2/c16-15(17)14-8-4-7-13(11-14)10-9-12-5-2-1-3-6-12/h1-8,11H,(H,16,17)/p-1. The van der Waals surface area contributed by atoms with E-state index in [-0.39, 0.29) is 5.56 Å². The van der Waals surface area contributed by atoms with Crippen LogP contribution >= 0.6 is 0 Å². The second kappa shape index (κ2) is 5.00. The SMILES string of the molecule is O=C([O-])c1cccc(C#Cc2ccccc2)c1. The fourth-order valence-corrected chi connectivity index (χ4v) is 1.39. The third-order valence-corrected chi connectivity index (χ3v) is 2.22. The quantitative estimate of drug-likeness (QED) is 0.684. The maximum atomic E-state index is 10.7. The molecule has 0 heterocycles. The lowest BCUT2D eigenvalue weighted by Gasteiger charge is -2.01. The van der Waals surface area contributed by atoms with Crippen LogP contribution in [-0.2, 0) is 0 Å². The fourth-order valence-electron chi connectivity index (χ4n) is 1.39. The molecule has 0 N–H and O–H groups in total. The molecular weight excluding hydrogens is 212 g/mol. The summed E-state index contributed by atoms with van der Waals surface area (Å²) in [6.45, 7) is 0. The minimum absolute atomic E-state index is 0.143. The van der Waals surface area contributed by atoms with Gasteiger partial charge in [-0.05, 0) is 29.8 Å². The van der Waals surface area contributed by atoms with Crippen LogP contribution in [0.1, 0.15) is 21.5 Å². The van der Waals surface area contributed by atoms with Gasteiger partial charge >= 0.3 is 0 Å². The molecule has 0 aliphatic heterocycles. The summed E-state index contributed by atoms with van der Waals surface area (Å²) in [5, 5.41) is 10.7. The molecule has 2 aromatic rings. The van der Waals surface area contributed by atoms with Crippen molar-refractivity contribution in [1.82, 2.24) is 0 Å². The second-order valence-corrected chi connectivity index (χ2v) is 3.48. The molecule has 0 fully saturated rings. The van der Waals surface area contributed by atoms with Gasteiger partial charge < -0.3 is 9.90 Å². The zero-order valence-electron chi connectivity index (χ0n) is 9.01. The van der Waals surface area contributed by atoms with Gasteiger partial charge in [0.15, 0.2) is 0 Å². The number of aromatic carboxylic acids is 1. The first kappa shape index (κ1) is 11.0. The molecule has 0 bridgehead atoms. The maximum Gasteiger partial charge on any atom is 0.0715 e. The molecular formula is C15H9O2-. The molecule has 82 valence electrons. The maximum absolute atomic E-state index is 10.7. The summed E-state index contributed by atoms with van der Waals surface area (Å²) < 4.78 is 0. The van der Waals surface area contributed by atoms with Gasteiger partial charge in [0.05, 0.1) is 5.97 Å². The molecule has 0 atom stereocenters. The van der Waals surface area contributed by atoms with Crippen LogP contribution in [0.2, 0.25) is 0 Å². The summed E-state index contributed by atoms with van der Waals surface area (Å²) >= 11 is 0. The van der Waals surface area contributed by atoms with Crippen molar-refractivity contribution in [3.8, 4) is 11.8 Å². The van der Waals surface area contributed by atoms with E-state index in [2.05, 4.69) is 11.8 Å². The highest BCUT2D eigenvalue weighted by Crippen LogP contribution is 2.03. The zero-order valence-corrected chi connectivity index (χ0v) is 9.01. The van der Waals surface area contributed by atoms with Crippen LogP contribution in [0, 0.1) is 11.8 Å². The molecule has 2 aromatic carbocycles. The number of benzene rings is 2. The summed E-state index contributed by atoms with van der Waals surface area (Å²) in [4.78, 5) is 10.7. The average Bonchev–Trinajstić information content (AvgIpc) is 2.38. The summed E-state index contributed by atoms with van der Waals surface area (Å²) in [5.74, 6) is 4.69. The number of hydrogen-bond acceptors (Lipinski definition) is 2. The highest BCUT2D eigenvalue weighted by atomic mass is 16.4. The van der Waals surface area contributed by atoms with Gasteiger partial charge in [0.2, 0.25) is 0 Å². The van der Waals surface area contributed by atoms with Crippen LogP contribution in [0.5, 0.6) is 0 Å². The van der Waals surface area contributed by atoms with Gasteiger partial charge in [-0.2, -0.15) is 0 Å². The smallest absolute Gasteiger partial charge is 0.0715 e. The first-order chi connectivity index (χ1) is 8.25. The normalized spacial score (nSPS) is 9.18. The van der Waals surface area contributed by atoms with Crippen molar-refractivity contribution >= 4 is 5.97 Å². The Morgan fingerprint density at radius 3 is 2.24 bits per heavy atom. The molecule has 2 heteroatoms. The first-order valence-electron chi connectivity index (χ1n) is 5.14. The van der Waals surface area contributed by atoms with Crippen LogP contribution in [-0.4, -0.2) is 5.97 Å². The molecule has 2 rings (SSSR count). The highest BCUT2D eigenvalue weighted by molar-refractivity contribution is 5.86. The van der Waals surface area contributed by atoms with Gasteiger partial charge in [-0.1, -0.05) is 42.2 Å². The minimum Gasteiger partial charge on any atom is -0.545 e. The highest BCUT2D eigenvalue weighted by Gasteiger charge is 1.93. The third kappa shape index (κ3) is 2.96. The summed E-state index contributed by atoms with van der Waals surface area (Å²) in [6, 6.07) is 15.9. The van der Waals surface area contributed by atoms with Crippen molar-refractivity contribution in [2.75, 3.05) is 0 Å². The Morgan fingerprint density at radius 2 is 1.53 bits per heavy atom. The Labute approximate surface area is 99.5 Å². The van der Waals surface area contributed by atoms with E-state index >= 15 is 0 Å². The molecule has 17 heavy (non-hydrogen) atoms. The third-order valence-electron chi connectivity index (χ3n) is 2.22. The van der Waals surface area contributed by atoms with Crippen molar-refractivity contribution in [3.63, 3.8) is 0 Å². The van der Waals surface area contributed by atoms with Gasteiger partial charge in [-0.25, -0.2) is 0 Å². The van der Waals surface area contributed by atoms with Crippen LogP contribution in [0.15, 0.2) is 54.6 Å². The second-order valence-electron chi connectivity index (χ2n) is 3.48. The predicted octanol–water partition coefficient (Wildman–Crippen LogP) is 1.45. The van der Waals surface area contributed by atoms with Gasteiger partial charge in [0.1, 0.15) is 0 Å². The van der Waals surface area contributed by atoms with Gasteiger partial charge in [-0.3, -0.25) is 0 Å². The predicted molar refractivity (Wildman–Crippen MR) is 63.2 cm³/mol. The van der Waals surface area contributed by atoms with Crippen LogP contribution in [0.3, 0.4) is 0 Å². The number of rotatable bonds is 1. The van der Waals surface area contributed by atoms with E-state index in [0.29, 0.717) is 5.56 Å². The lowest BCUT2D eigenvalue weighted by molar-refractivity contribution is -0.255. The van der Waals surface area contributed by atoms with Crippen LogP contribution in [0.4, 0.5) is 0 Å². The van der Waals surface area contributed by atoms with Crippen molar-refractivity contribution in [2.45, 2.75) is 0 Å². The van der Waals surface area contributed by atoms with Crippen molar-refractivity contribution in [3.05, 3.63) is 71.3 Å². The molecule has 0 spiro atoms. The average molecular weight is 221 g/mol. The van der Waals surface area contributed by atoms with Gasteiger partial charge in [-0.15, -0.1) is 0 Å². The number of carbonyl (C=O) groups is 1. The van der Waals surface area contributed by atoms with E-state index in [1.54, 1.807) is 12.1 Å². The minimum atomic E-state index is -1.19. The molecule has 0 aliphatic rings. The van der Waals surface area contributed by atoms with E-state index in [1.165, 1.54) is 12.1 Å². The summed E-state index contributed by atoms with van der Waals surface area (Å²) in [6.07, 6.45) is 0. The summed E-state index contributed by atoms with van der Waals surface area (Å²) in [7, 11) is 0. The Morgan fingerprint density at radius 1 is 0.882 bits per heavy atom. The molecule has 0 aliphatic carbocycles. The number of carbonyl (C=O) groups excluding carboxylic acids is 1. The Bertz CT molecular complexity index is 589. The van der Waals surface area contributed by atoms with Crippen LogP contribution in [0.25, 0.3) is 0 Å². The molecule has 0 radical (unpaired) electrons. The van der Waals surface area contributed by atoms with E-state index < -0.39 is 5.97 Å². The van der Waals surface area contributed by atoms with E-state index in [9.17, 15) is 9.90 Å². The van der Waals surface area contributed by atoms with E-state index in [0.717, 1.165) is 5.56 Å². The lowest BCUT2D eigenvalue weighted by atomic mass is 10.1. The molecule has 0 amide bonds. The first-order valence-corrected chi connectivity index (χ1v) is 5.14. The number of carboxylic acids is 1. The van der Waals surface area contributed by atoms with Crippen molar-refractivity contribution in [2.24, 2.45) is 0 Å². The monoisotopic (exact) mass is 221 g/mol. The molecule has 0 saturated heterocycles. The van der Waals surface area contributed by atoms with Gasteiger partial charge in [0.25, 0.3) is 0 Å². The zero-order chi connectivity index (χ0) is 12.1. The fraction of sp³-hybridized carbons (Fsp3) is 0. The van der Waals surface area contributed by atoms with E-state index in [1.807, 2.05) is 30.3 Å². The lowest BCUT2D eigenvalue weighted by Crippen LogP contribution is -2.22. The van der Waals surface area contributed by atoms with Gasteiger partial charge in [0, 0.05) is 11.1 Å². The summed E-state index contributed by atoms with van der Waals surface area (Å²) in [5.41, 5.74) is 1.70. The van der Waals surface area contributed by atoms with Crippen LogP contribution < -0.4 is 5.11 Å². The molecule has 0 aromatic heterocycles. The number of carboxylic acid groups (broad SMARTS) is 1. The Balaban J connectivity index is 2.28. The van der Waals surface area contributed by atoms with Crippen molar-refractivity contribution in [1.29, 1.82) is 0 Å². The van der Waals surface area contributed by atoms with Crippen molar-refractivity contribution < 1.29 is 9.90 Å². The largest absolute Gasteiger partial charge is 0.545 e. The molecule has 2 nitrogen and oxygen atoms in total. The Hall–Kier alpha value is -2.53. The Kier molecular flexibility index (Phi) is 3.23. The topological polar surface area (TPSA) is 40.1 Å². The van der Waals surface area contributed by atoms with E-state index in [4.69, 9.17) is 0 Å².